The first-order valence-electron chi connectivity index (χ1n) is 20.1. The predicted octanol–water partition coefficient (Wildman–Crippen LogP) is 7.05. The SMILES string of the molecule is O=C1[C@H](CC[C@H](O)c2ccc(F)cc2)[C@@H](c2ccc(-c3cccc([C@@H]4O[C@H](CO)[C@@H](O)[C@H](O)[C@@H]4O)c3)cc2OCc2ccccc2)N1c1ccc(CCc2cncs2)cc1. The third-order valence-corrected chi connectivity index (χ3v) is 12.4. The Kier molecular flexibility index (Phi) is 12.8. The van der Waals surface area contributed by atoms with Crippen molar-refractivity contribution in [2.75, 3.05) is 11.5 Å². The van der Waals surface area contributed by atoms with E-state index < -0.39 is 61.0 Å². The molecule has 310 valence electrons. The highest BCUT2D eigenvalue weighted by atomic mass is 32.1. The molecule has 0 saturated carbocycles. The molecule has 0 radical (unpaired) electrons. The highest BCUT2D eigenvalue weighted by Crippen LogP contribution is 2.50. The zero-order chi connectivity index (χ0) is 41.8. The Morgan fingerprint density at radius 2 is 1.58 bits per heavy atom. The van der Waals surface area contributed by atoms with Gasteiger partial charge in [-0.3, -0.25) is 9.78 Å². The molecule has 3 heterocycles. The Hall–Kier alpha value is -5.31. The second-order valence-electron chi connectivity index (χ2n) is 15.4. The molecular weight excluding hydrogens is 784 g/mol. The molecule has 0 spiro atoms. The number of β-lactam (4-membered cyclic amide) rings is 1. The number of amides is 1. The topological polar surface area (TPSA) is 153 Å². The first-order valence-corrected chi connectivity index (χ1v) is 21.0. The summed E-state index contributed by atoms with van der Waals surface area (Å²) in [4.78, 5) is 21.4. The second kappa shape index (κ2) is 18.5. The Morgan fingerprint density at radius 3 is 2.32 bits per heavy atom. The largest absolute Gasteiger partial charge is 0.489 e. The van der Waals surface area contributed by atoms with Crippen LogP contribution in [0.25, 0.3) is 11.1 Å². The van der Waals surface area contributed by atoms with Gasteiger partial charge in [0.1, 0.15) is 48.7 Å². The number of aromatic nitrogens is 1. The zero-order valence-electron chi connectivity index (χ0n) is 32.7. The average Bonchev–Trinajstić information content (AvgIpc) is 3.81. The maximum Gasteiger partial charge on any atom is 0.233 e. The van der Waals surface area contributed by atoms with E-state index in [4.69, 9.17) is 9.47 Å². The van der Waals surface area contributed by atoms with Crippen molar-refractivity contribution in [3.05, 3.63) is 172 Å². The van der Waals surface area contributed by atoms with Gasteiger partial charge in [-0.15, -0.1) is 11.3 Å². The minimum Gasteiger partial charge on any atom is -0.489 e. The normalized spacial score (nSPS) is 23.3. The van der Waals surface area contributed by atoms with Crippen molar-refractivity contribution in [2.45, 2.75) is 75.0 Å². The number of nitrogens with zero attached hydrogens (tertiary/aromatic N) is 2. The third kappa shape index (κ3) is 8.91. The molecule has 60 heavy (non-hydrogen) atoms. The van der Waals surface area contributed by atoms with E-state index in [1.807, 2.05) is 96.6 Å². The highest BCUT2D eigenvalue weighted by molar-refractivity contribution is 7.09. The summed E-state index contributed by atoms with van der Waals surface area (Å²) in [6.07, 6.45) is -3.13. The average molecular weight is 831 g/mol. The van der Waals surface area contributed by atoms with Gasteiger partial charge in [0, 0.05) is 22.3 Å². The minimum absolute atomic E-state index is 0.0750. The molecule has 5 N–H and O–H groups in total. The molecule has 0 aliphatic carbocycles. The van der Waals surface area contributed by atoms with E-state index in [1.165, 1.54) is 17.0 Å². The van der Waals surface area contributed by atoms with Gasteiger partial charge < -0.3 is 39.9 Å². The number of thiazole rings is 1. The number of aryl methyl sites for hydroxylation is 2. The summed E-state index contributed by atoms with van der Waals surface area (Å²) in [6, 6.07) is 36.2. The van der Waals surface area contributed by atoms with Crippen LogP contribution in [-0.2, 0) is 29.0 Å². The third-order valence-electron chi connectivity index (χ3n) is 11.6. The van der Waals surface area contributed by atoms with Crippen LogP contribution in [0, 0.1) is 11.7 Å². The molecule has 10 nitrogen and oxygen atoms in total. The number of aliphatic hydroxyl groups excluding tert-OH is 5. The number of halogens is 1. The van der Waals surface area contributed by atoms with Crippen LogP contribution in [0.3, 0.4) is 0 Å². The quantitative estimate of drug-likeness (QED) is 0.0686. The molecule has 1 amide bonds. The fourth-order valence-electron chi connectivity index (χ4n) is 8.21. The Labute approximate surface area is 351 Å². The molecule has 1 aromatic heterocycles. The lowest BCUT2D eigenvalue weighted by Crippen LogP contribution is -2.55. The number of anilines is 1. The van der Waals surface area contributed by atoms with E-state index in [1.54, 1.807) is 40.5 Å². The summed E-state index contributed by atoms with van der Waals surface area (Å²) in [7, 11) is 0. The van der Waals surface area contributed by atoms with Gasteiger partial charge in [0.2, 0.25) is 5.91 Å². The van der Waals surface area contributed by atoms with Gasteiger partial charge in [0.05, 0.1) is 30.2 Å². The van der Waals surface area contributed by atoms with Gasteiger partial charge in [-0.25, -0.2) is 4.39 Å². The molecule has 2 fully saturated rings. The van der Waals surface area contributed by atoms with Gasteiger partial charge >= 0.3 is 0 Å². The van der Waals surface area contributed by atoms with Gasteiger partial charge in [-0.2, -0.15) is 0 Å². The fraction of sp³-hybridized carbons (Fsp3) is 0.292. The van der Waals surface area contributed by atoms with Gasteiger partial charge in [-0.1, -0.05) is 84.9 Å². The number of rotatable bonds is 15. The van der Waals surface area contributed by atoms with E-state index in [0.717, 1.165) is 46.3 Å². The molecule has 8 rings (SSSR count). The molecule has 2 aliphatic heterocycles. The number of hydrogen-bond donors (Lipinski definition) is 5. The van der Waals surface area contributed by atoms with Crippen LogP contribution >= 0.6 is 11.3 Å². The molecule has 5 aromatic carbocycles. The lowest BCUT2D eigenvalue weighted by Gasteiger charge is -2.48. The van der Waals surface area contributed by atoms with Crippen LogP contribution in [-0.4, -0.2) is 67.4 Å². The van der Waals surface area contributed by atoms with E-state index >= 15 is 0 Å². The predicted molar refractivity (Wildman–Crippen MR) is 226 cm³/mol. The van der Waals surface area contributed by atoms with E-state index in [9.17, 15) is 34.7 Å². The van der Waals surface area contributed by atoms with Crippen LogP contribution in [0.5, 0.6) is 5.75 Å². The van der Waals surface area contributed by atoms with Crippen LogP contribution in [0.4, 0.5) is 10.1 Å². The van der Waals surface area contributed by atoms with E-state index in [0.29, 0.717) is 23.3 Å². The number of carbonyl (C=O) groups excluding carboxylic acids is 1. The zero-order valence-corrected chi connectivity index (χ0v) is 33.5. The standard InChI is InChI=1S/C48H47FN2O8S/c49-35-15-12-31(13-16-35)40(53)22-21-39-43(51(48(39)57)36-17-9-29(10-18-36)11-19-37-25-50-28-60-37)38-20-14-33(24-41(38)58-27-30-5-2-1-3-6-30)32-7-4-8-34(23-32)47-46(56)45(55)44(54)42(26-52)59-47/h1-10,12-18,20,23-25,28,39-40,42-47,52-56H,11,19,21-22,26-27H2/t39-,40+,42-,43-,44-,45+,46+,47+/m1/s1. The summed E-state index contributed by atoms with van der Waals surface area (Å²) < 4.78 is 26.2. The second-order valence-corrected chi connectivity index (χ2v) is 16.4. The van der Waals surface area contributed by atoms with Crippen LogP contribution in [0.2, 0.25) is 0 Å². The van der Waals surface area contributed by atoms with Gasteiger partial charge in [0.25, 0.3) is 0 Å². The molecule has 2 aliphatic rings. The number of hydrogen-bond acceptors (Lipinski definition) is 10. The lowest BCUT2D eigenvalue weighted by molar-refractivity contribution is -0.231. The Balaban J connectivity index is 1.13. The first-order chi connectivity index (χ1) is 29.2. The number of ether oxygens (including phenoxy) is 2. The van der Waals surface area contributed by atoms with Crippen molar-refractivity contribution in [3.63, 3.8) is 0 Å². The maximum absolute atomic E-state index is 14.3. The molecule has 12 heteroatoms. The van der Waals surface area contributed by atoms with Crippen molar-refractivity contribution in [1.82, 2.24) is 4.98 Å². The van der Waals surface area contributed by atoms with Crippen LogP contribution in [0.15, 0.2) is 133 Å². The summed E-state index contributed by atoms with van der Waals surface area (Å²) in [5.74, 6) is -0.403. The monoisotopic (exact) mass is 830 g/mol. The summed E-state index contributed by atoms with van der Waals surface area (Å²) in [5.41, 5.74) is 8.11. The molecule has 0 unspecified atom stereocenters. The summed E-state index contributed by atoms with van der Waals surface area (Å²) in [5, 5.41) is 52.7. The molecule has 6 aromatic rings. The van der Waals surface area contributed by atoms with Crippen LogP contribution < -0.4 is 9.64 Å². The van der Waals surface area contributed by atoms with Crippen molar-refractivity contribution in [3.8, 4) is 16.9 Å². The number of carbonyl (C=O) groups is 1. The first kappa shape index (κ1) is 41.4. The van der Waals surface area contributed by atoms with Crippen molar-refractivity contribution in [2.24, 2.45) is 5.92 Å². The Bertz CT molecular complexity index is 2350. The van der Waals surface area contributed by atoms with E-state index in [2.05, 4.69) is 4.98 Å². The summed E-state index contributed by atoms with van der Waals surface area (Å²) >= 11 is 1.63. The summed E-state index contributed by atoms with van der Waals surface area (Å²) in [6.45, 7) is -0.277. The van der Waals surface area contributed by atoms with Gasteiger partial charge in [-0.05, 0) is 95.5 Å². The van der Waals surface area contributed by atoms with Crippen molar-refractivity contribution in [1.29, 1.82) is 0 Å². The van der Waals surface area contributed by atoms with Gasteiger partial charge in [0.15, 0.2) is 0 Å². The van der Waals surface area contributed by atoms with Crippen LogP contribution in [0.1, 0.15) is 63.8 Å². The van der Waals surface area contributed by atoms with Crippen molar-refractivity contribution < 1.29 is 44.2 Å². The molecule has 8 atom stereocenters. The molecule has 2 saturated heterocycles. The molecule has 0 bridgehead atoms. The minimum atomic E-state index is -1.51. The maximum atomic E-state index is 14.3. The fourth-order valence-corrected chi connectivity index (χ4v) is 8.81. The van der Waals surface area contributed by atoms with Crippen molar-refractivity contribution >= 4 is 22.9 Å². The number of benzene rings is 5. The van der Waals surface area contributed by atoms with E-state index in [-0.39, 0.29) is 18.9 Å². The smallest absolute Gasteiger partial charge is 0.233 e. The number of aliphatic hydroxyl groups is 5. The lowest BCUT2D eigenvalue weighted by atomic mass is 9.77. The molecular formula is C48H47FN2O8S. The Morgan fingerprint density at radius 1 is 0.817 bits per heavy atom. The highest BCUT2D eigenvalue weighted by Gasteiger charge is 2.50.